The monoisotopic (exact) mass is 249 g/mol. The van der Waals surface area contributed by atoms with Crippen LogP contribution in [0.15, 0.2) is 18.3 Å². The van der Waals surface area contributed by atoms with Gasteiger partial charge < -0.3 is 10.4 Å². The van der Waals surface area contributed by atoms with E-state index >= 15 is 0 Å². The Labute approximate surface area is 109 Å². The van der Waals surface area contributed by atoms with Crippen LogP contribution in [0.5, 0.6) is 0 Å². The summed E-state index contributed by atoms with van der Waals surface area (Å²) in [7, 11) is 0. The smallest absolute Gasteiger partial charge is 0.126 e. The molecule has 0 amide bonds. The van der Waals surface area contributed by atoms with Crippen LogP contribution in [-0.4, -0.2) is 40.7 Å². The van der Waals surface area contributed by atoms with E-state index in [0.717, 1.165) is 51.3 Å². The lowest BCUT2D eigenvalue weighted by molar-refractivity contribution is 0.0668. The average molecular weight is 249 g/mol. The number of pyridine rings is 1. The van der Waals surface area contributed by atoms with Crippen molar-refractivity contribution in [2.45, 2.75) is 38.8 Å². The van der Waals surface area contributed by atoms with Crippen molar-refractivity contribution in [2.24, 2.45) is 0 Å². The van der Waals surface area contributed by atoms with Crippen molar-refractivity contribution in [2.75, 3.05) is 25.0 Å². The van der Waals surface area contributed by atoms with Crippen LogP contribution in [0.25, 0.3) is 0 Å². The summed E-state index contributed by atoms with van der Waals surface area (Å²) in [4.78, 5) is 6.62. The molecule has 1 atom stereocenters. The fraction of sp³-hybridized carbons (Fsp3) is 0.643. The van der Waals surface area contributed by atoms with E-state index in [1.165, 1.54) is 5.56 Å². The van der Waals surface area contributed by atoms with E-state index in [-0.39, 0.29) is 6.10 Å². The van der Waals surface area contributed by atoms with Crippen LogP contribution >= 0.6 is 0 Å². The predicted molar refractivity (Wildman–Crippen MR) is 73.5 cm³/mol. The number of nitrogens with one attached hydrogen (secondary N) is 1. The first-order valence-electron chi connectivity index (χ1n) is 6.87. The SMILES string of the molecule is CCCNc1cc(CN2CCCC(O)C2)ccn1. The van der Waals surface area contributed by atoms with Crippen molar-refractivity contribution in [3.63, 3.8) is 0 Å². The number of aliphatic hydroxyl groups is 1. The lowest BCUT2D eigenvalue weighted by Gasteiger charge is -2.30. The molecule has 0 spiro atoms. The predicted octanol–water partition coefficient (Wildman–Crippen LogP) is 1.86. The number of piperidine rings is 1. The fourth-order valence-corrected chi connectivity index (χ4v) is 2.36. The third-order valence-corrected chi connectivity index (χ3v) is 3.27. The summed E-state index contributed by atoms with van der Waals surface area (Å²) in [6.07, 6.45) is 4.83. The van der Waals surface area contributed by atoms with Crippen LogP contribution in [0.1, 0.15) is 31.7 Å². The molecule has 100 valence electrons. The molecule has 0 saturated carbocycles. The van der Waals surface area contributed by atoms with Crippen molar-refractivity contribution in [1.29, 1.82) is 0 Å². The third kappa shape index (κ3) is 3.96. The second kappa shape index (κ2) is 6.71. The molecule has 0 radical (unpaired) electrons. The van der Waals surface area contributed by atoms with Crippen LogP contribution in [-0.2, 0) is 6.54 Å². The summed E-state index contributed by atoms with van der Waals surface area (Å²) in [6, 6.07) is 4.16. The molecule has 2 heterocycles. The highest BCUT2D eigenvalue weighted by Crippen LogP contribution is 2.15. The molecule has 1 fully saturated rings. The Morgan fingerprint density at radius 2 is 2.44 bits per heavy atom. The molecule has 0 bridgehead atoms. The molecule has 1 aromatic heterocycles. The minimum absolute atomic E-state index is 0.154. The number of aliphatic hydroxyl groups excluding tert-OH is 1. The molecule has 2 rings (SSSR count). The van der Waals surface area contributed by atoms with Gasteiger partial charge in [0.15, 0.2) is 0 Å². The molecule has 1 saturated heterocycles. The van der Waals surface area contributed by atoms with E-state index in [0.29, 0.717) is 0 Å². The van der Waals surface area contributed by atoms with Gasteiger partial charge in [-0.25, -0.2) is 4.98 Å². The molecule has 18 heavy (non-hydrogen) atoms. The van der Waals surface area contributed by atoms with Crippen molar-refractivity contribution >= 4 is 5.82 Å². The van der Waals surface area contributed by atoms with Gasteiger partial charge in [-0.3, -0.25) is 4.90 Å². The maximum atomic E-state index is 9.66. The van der Waals surface area contributed by atoms with Gasteiger partial charge in [-0.2, -0.15) is 0 Å². The summed E-state index contributed by atoms with van der Waals surface area (Å²) in [5.74, 6) is 0.951. The van der Waals surface area contributed by atoms with Gasteiger partial charge in [0, 0.05) is 25.8 Å². The summed E-state index contributed by atoms with van der Waals surface area (Å²) in [5.41, 5.74) is 1.26. The minimum atomic E-state index is -0.154. The van der Waals surface area contributed by atoms with Crippen LogP contribution in [0, 0.1) is 0 Å². The van der Waals surface area contributed by atoms with Crippen molar-refractivity contribution in [3.8, 4) is 0 Å². The topological polar surface area (TPSA) is 48.4 Å². The number of hydrogen-bond donors (Lipinski definition) is 2. The summed E-state index contributed by atoms with van der Waals surface area (Å²) in [6.45, 7) is 5.88. The van der Waals surface area contributed by atoms with Gasteiger partial charge >= 0.3 is 0 Å². The standard InChI is InChI=1S/C14H23N3O/c1-2-6-15-14-9-12(5-7-16-14)10-17-8-3-4-13(18)11-17/h5,7,9,13,18H,2-4,6,8,10-11H2,1H3,(H,15,16). The largest absolute Gasteiger partial charge is 0.392 e. The molecule has 1 unspecified atom stereocenters. The Morgan fingerprint density at radius 3 is 3.22 bits per heavy atom. The molecular formula is C14H23N3O. The van der Waals surface area contributed by atoms with Gasteiger partial charge in [0.25, 0.3) is 0 Å². The highest BCUT2D eigenvalue weighted by Gasteiger charge is 2.17. The number of rotatable bonds is 5. The number of aromatic nitrogens is 1. The zero-order valence-corrected chi connectivity index (χ0v) is 11.1. The first-order valence-corrected chi connectivity index (χ1v) is 6.87. The Kier molecular flexibility index (Phi) is 4.96. The van der Waals surface area contributed by atoms with Crippen LogP contribution in [0.3, 0.4) is 0 Å². The zero-order valence-electron chi connectivity index (χ0n) is 11.1. The summed E-state index contributed by atoms with van der Waals surface area (Å²) < 4.78 is 0. The van der Waals surface area contributed by atoms with Gasteiger partial charge in [-0.1, -0.05) is 6.92 Å². The second-order valence-electron chi connectivity index (χ2n) is 5.01. The first-order chi connectivity index (χ1) is 8.78. The zero-order chi connectivity index (χ0) is 12.8. The molecule has 0 aromatic carbocycles. The van der Waals surface area contributed by atoms with Crippen molar-refractivity contribution in [3.05, 3.63) is 23.9 Å². The fourth-order valence-electron chi connectivity index (χ4n) is 2.36. The first kappa shape index (κ1) is 13.3. The van der Waals surface area contributed by atoms with Gasteiger partial charge in [0.05, 0.1) is 6.10 Å². The number of hydrogen-bond acceptors (Lipinski definition) is 4. The maximum absolute atomic E-state index is 9.66. The van der Waals surface area contributed by atoms with Crippen LogP contribution in [0.2, 0.25) is 0 Å². The van der Waals surface area contributed by atoms with Crippen LogP contribution < -0.4 is 5.32 Å². The average Bonchev–Trinajstić information content (AvgIpc) is 2.37. The Hall–Kier alpha value is -1.13. The van der Waals surface area contributed by atoms with E-state index in [1.54, 1.807) is 0 Å². The molecule has 4 heteroatoms. The maximum Gasteiger partial charge on any atom is 0.126 e. The highest BCUT2D eigenvalue weighted by atomic mass is 16.3. The molecule has 2 N–H and O–H groups in total. The molecular weight excluding hydrogens is 226 g/mol. The normalized spacial score (nSPS) is 20.9. The second-order valence-corrected chi connectivity index (χ2v) is 5.01. The third-order valence-electron chi connectivity index (χ3n) is 3.27. The Balaban J connectivity index is 1.91. The van der Waals surface area contributed by atoms with E-state index in [9.17, 15) is 5.11 Å². The lowest BCUT2D eigenvalue weighted by Crippen LogP contribution is -2.37. The van der Waals surface area contributed by atoms with E-state index in [4.69, 9.17) is 0 Å². The Morgan fingerprint density at radius 1 is 1.56 bits per heavy atom. The molecule has 1 aromatic rings. The lowest BCUT2D eigenvalue weighted by atomic mass is 10.1. The van der Waals surface area contributed by atoms with E-state index in [2.05, 4.69) is 34.3 Å². The molecule has 0 aliphatic carbocycles. The number of nitrogens with zero attached hydrogens (tertiary/aromatic N) is 2. The quantitative estimate of drug-likeness (QED) is 0.836. The Bertz CT molecular complexity index is 370. The molecule has 4 nitrogen and oxygen atoms in total. The van der Waals surface area contributed by atoms with Gasteiger partial charge in [0.1, 0.15) is 5.82 Å². The van der Waals surface area contributed by atoms with Crippen molar-refractivity contribution < 1.29 is 5.11 Å². The molecule has 1 aliphatic rings. The summed E-state index contributed by atoms with van der Waals surface area (Å²) in [5, 5.41) is 13.0. The molecule has 1 aliphatic heterocycles. The van der Waals surface area contributed by atoms with Crippen molar-refractivity contribution in [1.82, 2.24) is 9.88 Å². The van der Waals surface area contributed by atoms with Gasteiger partial charge in [0.2, 0.25) is 0 Å². The van der Waals surface area contributed by atoms with E-state index < -0.39 is 0 Å². The number of likely N-dealkylation sites (tertiary alicyclic amines) is 1. The number of β-amino-alcohol motifs (C(OH)–C–C–N with tert-alkyl or cyclic N) is 1. The van der Waals surface area contributed by atoms with Crippen LogP contribution in [0.4, 0.5) is 5.82 Å². The highest BCUT2D eigenvalue weighted by molar-refractivity contribution is 5.37. The summed E-state index contributed by atoms with van der Waals surface area (Å²) >= 11 is 0. The number of anilines is 1. The van der Waals surface area contributed by atoms with Gasteiger partial charge in [-0.15, -0.1) is 0 Å². The van der Waals surface area contributed by atoms with Gasteiger partial charge in [-0.05, 0) is 43.5 Å². The van der Waals surface area contributed by atoms with E-state index in [1.807, 2.05) is 6.20 Å². The minimum Gasteiger partial charge on any atom is -0.392 e.